The summed E-state index contributed by atoms with van der Waals surface area (Å²) in [6.45, 7) is 13.1. The molecule has 1 unspecified atom stereocenters. The zero-order chi connectivity index (χ0) is 38.7. The van der Waals surface area contributed by atoms with Crippen LogP contribution in [-0.4, -0.2) is 82.1 Å². The summed E-state index contributed by atoms with van der Waals surface area (Å²) >= 11 is 6.29. The number of nitrogens with one attached hydrogen (secondary N) is 1. The maximum atomic E-state index is 13.9. The molecule has 1 N–H and O–H groups in total. The number of fused-ring (bicyclic) bond motifs is 3. The molecule has 12 nitrogen and oxygen atoms in total. The van der Waals surface area contributed by atoms with Crippen LogP contribution in [0.25, 0.3) is 0 Å². The van der Waals surface area contributed by atoms with E-state index in [1.54, 1.807) is 18.2 Å². The van der Waals surface area contributed by atoms with E-state index in [2.05, 4.69) is 54.9 Å². The lowest BCUT2D eigenvalue weighted by Gasteiger charge is -2.65. The second kappa shape index (κ2) is 12.4. The Bertz CT molecular complexity index is 2230. The first-order valence-corrected chi connectivity index (χ1v) is 19.2. The molecule has 5 heterocycles. The van der Waals surface area contributed by atoms with Crippen LogP contribution in [0.15, 0.2) is 48.5 Å². The summed E-state index contributed by atoms with van der Waals surface area (Å²) in [6.07, 6.45) is 0.0492. The lowest BCUT2D eigenvalue weighted by Crippen LogP contribution is -2.74. The third-order valence-electron chi connectivity index (χ3n) is 12.7. The van der Waals surface area contributed by atoms with Gasteiger partial charge in [0, 0.05) is 85.8 Å². The Balaban J connectivity index is 0.810. The molecule has 5 aliphatic heterocycles. The van der Waals surface area contributed by atoms with E-state index in [0.717, 1.165) is 52.5 Å². The Hall–Kier alpha value is -5.25. The van der Waals surface area contributed by atoms with Gasteiger partial charge in [0.1, 0.15) is 24.0 Å². The van der Waals surface area contributed by atoms with Crippen molar-refractivity contribution in [2.45, 2.75) is 78.4 Å². The van der Waals surface area contributed by atoms with Gasteiger partial charge in [0.15, 0.2) is 0 Å². The minimum absolute atomic E-state index is 0.0423. The quantitative estimate of drug-likeness (QED) is 0.333. The van der Waals surface area contributed by atoms with E-state index in [-0.39, 0.29) is 41.7 Å². The smallest absolute Gasteiger partial charge is 0.262 e. The van der Waals surface area contributed by atoms with Crippen LogP contribution in [0.2, 0.25) is 5.02 Å². The number of piperidine rings is 1. The average Bonchev–Trinajstić information content (AvgIpc) is 3.74. The average molecular weight is 761 g/mol. The summed E-state index contributed by atoms with van der Waals surface area (Å²) < 4.78 is 6.48. The number of carbonyl (C=O) groups excluding carboxylic acids is 5. The Morgan fingerprint density at radius 1 is 0.836 bits per heavy atom. The molecular formula is C42H41ClN6O6. The van der Waals surface area contributed by atoms with Gasteiger partial charge >= 0.3 is 0 Å². The Kier molecular flexibility index (Phi) is 7.98. The Morgan fingerprint density at radius 3 is 2.13 bits per heavy atom. The molecule has 1 aliphatic carbocycles. The summed E-state index contributed by atoms with van der Waals surface area (Å²) in [5.41, 5.74) is 5.28. The third-order valence-corrected chi connectivity index (χ3v) is 13.0. The molecular weight excluding hydrogens is 720 g/mol. The summed E-state index contributed by atoms with van der Waals surface area (Å²) in [7, 11) is 0. The summed E-state index contributed by atoms with van der Waals surface area (Å²) in [4.78, 5) is 72.3. The highest BCUT2D eigenvalue weighted by Gasteiger charge is 2.67. The number of anilines is 1. The van der Waals surface area contributed by atoms with E-state index >= 15 is 0 Å². The van der Waals surface area contributed by atoms with E-state index in [1.807, 2.05) is 29.2 Å². The number of hydrogen-bond acceptors (Lipinski definition) is 9. The maximum absolute atomic E-state index is 13.9. The molecule has 9 rings (SSSR count). The standard InChI is InChI=1S/C42H41ClN6O6/c1-41(2)39(42(3,4)40(41)55-28-7-5-23(15-44)32(43)14-28)48-21-26-11-27(6-8-29(26)36(48)52)47-17-22(18-47)16-46-19-24-12-30-31(13-25(24)20-46)38(54)49(37(30)53)33-9-10-34(50)45-35(33)51/h5-8,11-14,22,33,39-40H,9-10,16-21H2,1-4H3,(H,45,50,51)/t33?,39-,40-. The lowest BCUT2D eigenvalue weighted by atomic mass is 9.49. The molecule has 1 saturated carbocycles. The summed E-state index contributed by atoms with van der Waals surface area (Å²) in [6, 6.07) is 16.0. The normalized spacial score (nSPS) is 25.3. The number of nitrogens with zero attached hydrogens (tertiary/aromatic N) is 5. The maximum Gasteiger partial charge on any atom is 0.262 e. The van der Waals surface area contributed by atoms with Crippen molar-refractivity contribution in [2.75, 3.05) is 24.5 Å². The minimum Gasteiger partial charge on any atom is -0.489 e. The van der Waals surface area contributed by atoms with Crippen LogP contribution in [0.5, 0.6) is 5.75 Å². The van der Waals surface area contributed by atoms with Gasteiger partial charge in [0.25, 0.3) is 17.7 Å². The van der Waals surface area contributed by atoms with Gasteiger partial charge in [-0.3, -0.25) is 39.1 Å². The summed E-state index contributed by atoms with van der Waals surface area (Å²) in [5.74, 6) is -0.868. The number of ether oxygens (including phenoxy) is 1. The monoisotopic (exact) mass is 760 g/mol. The van der Waals surface area contributed by atoms with Crippen LogP contribution in [0.4, 0.5) is 5.69 Å². The van der Waals surface area contributed by atoms with Gasteiger partial charge in [-0.25, -0.2) is 0 Å². The van der Waals surface area contributed by atoms with E-state index in [9.17, 15) is 29.2 Å². The van der Waals surface area contributed by atoms with Gasteiger partial charge < -0.3 is 14.5 Å². The van der Waals surface area contributed by atoms with Crippen molar-refractivity contribution in [3.63, 3.8) is 0 Å². The molecule has 13 heteroatoms. The fourth-order valence-electron chi connectivity index (χ4n) is 10.6. The number of amides is 5. The van der Waals surface area contributed by atoms with Gasteiger partial charge in [-0.05, 0) is 65.6 Å². The highest BCUT2D eigenvalue weighted by atomic mass is 35.5. The van der Waals surface area contributed by atoms with E-state index < -0.39 is 29.7 Å². The zero-order valence-corrected chi connectivity index (χ0v) is 31.9. The predicted molar refractivity (Wildman–Crippen MR) is 201 cm³/mol. The molecule has 3 aromatic rings. The van der Waals surface area contributed by atoms with Crippen LogP contribution >= 0.6 is 11.6 Å². The fourth-order valence-corrected chi connectivity index (χ4v) is 10.8. The highest BCUT2D eigenvalue weighted by Crippen LogP contribution is 2.59. The van der Waals surface area contributed by atoms with Gasteiger partial charge in [0.2, 0.25) is 11.8 Å². The Morgan fingerprint density at radius 2 is 1.51 bits per heavy atom. The second-order valence-electron chi connectivity index (χ2n) is 17.1. The van der Waals surface area contributed by atoms with Crippen molar-refractivity contribution in [3.05, 3.63) is 92.5 Å². The van der Waals surface area contributed by atoms with Gasteiger partial charge in [-0.2, -0.15) is 5.26 Å². The number of hydrogen-bond donors (Lipinski definition) is 1. The largest absolute Gasteiger partial charge is 0.489 e. The molecule has 282 valence electrons. The SMILES string of the molecule is CC1(C)[C@H](Oc2ccc(C#N)c(Cl)c2)C(C)(C)[C@H]1N1Cc2cc(N3CC(CN4Cc5cc6c(cc5C4)C(=O)N(C4CCC(=O)NC4=O)C6=O)C3)ccc2C1=O. The molecule has 55 heavy (non-hydrogen) atoms. The second-order valence-corrected chi connectivity index (χ2v) is 17.5. The van der Waals surface area contributed by atoms with E-state index in [1.165, 1.54) is 0 Å². The van der Waals surface area contributed by atoms with Crippen molar-refractivity contribution in [2.24, 2.45) is 16.7 Å². The van der Waals surface area contributed by atoms with E-state index in [0.29, 0.717) is 53.0 Å². The van der Waals surface area contributed by atoms with Crippen LogP contribution in [0.1, 0.15) is 93.9 Å². The fraction of sp³-hybridized carbons (Fsp3) is 0.429. The summed E-state index contributed by atoms with van der Waals surface area (Å²) in [5, 5.41) is 11.9. The molecule has 0 aromatic heterocycles. The molecule has 5 amide bonds. The van der Waals surface area contributed by atoms with Crippen LogP contribution in [0, 0.1) is 28.1 Å². The van der Waals surface area contributed by atoms with Crippen molar-refractivity contribution in [1.29, 1.82) is 5.26 Å². The van der Waals surface area contributed by atoms with E-state index in [4.69, 9.17) is 16.3 Å². The topological polar surface area (TPSA) is 143 Å². The number of rotatable bonds is 7. The third kappa shape index (κ3) is 5.46. The number of carbonyl (C=O) groups is 5. The first-order valence-electron chi connectivity index (χ1n) is 18.8. The van der Waals surface area contributed by atoms with Gasteiger partial charge in [0.05, 0.1) is 21.7 Å². The van der Waals surface area contributed by atoms with Crippen molar-refractivity contribution in [3.8, 4) is 11.8 Å². The Labute approximate surface area is 323 Å². The van der Waals surface area contributed by atoms with Crippen LogP contribution in [0.3, 0.4) is 0 Å². The van der Waals surface area contributed by atoms with Crippen molar-refractivity contribution in [1.82, 2.24) is 20.0 Å². The minimum atomic E-state index is -0.971. The molecule has 1 atom stereocenters. The molecule has 0 radical (unpaired) electrons. The molecule has 0 spiro atoms. The van der Waals surface area contributed by atoms with Crippen LogP contribution < -0.4 is 15.0 Å². The van der Waals surface area contributed by atoms with Gasteiger partial charge in [-0.1, -0.05) is 39.3 Å². The number of halogens is 1. The first-order chi connectivity index (χ1) is 26.1. The molecule has 0 bridgehead atoms. The molecule has 6 aliphatic rings. The molecule has 2 saturated heterocycles. The lowest BCUT2D eigenvalue weighted by molar-refractivity contribution is -0.199. The molecule has 3 fully saturated rings. The van der Waals surface area contributed by atoms with Crippen molar-refractivity contribution < 1.29 is 28.7 Å². The number of nitriles is 1. The predicted octanol–water partition coefficient (Wildman–Crippen LogP) is 4.90. The first kappa shape index (κ1) is 35.5. The van der Waals surface area contributed by atoms with Crippen LogP contribution in [-0.2, 0) is 29.2 Å². The number of benzene rings is 3. The molecule has 3 aromatic carbocycles. The highest BCUT2D eigenvalue weighted by molar-refractivity contribution is 6.31. The number of imide groups is 2. The van der Waals surface area contributed by atoms with Gasteiger partial charge in [-0.15, -0.1) is 0 Å². The zero-order valence-electron chi connectivity index (χ0n) is 31.1. The van der Waals surface area contributed by atoms with Crippen molar-refractivity contribution >= 4 is 46.8 Å².